The summed E-state index contributed by atoms with van der Waals surface area (Å²) in [4.78, 5) is 15.9. The van der Waals surface area contributed by atoms with Crippen molar-refractivity contribution in [1.82, 2.24) is 0 Å². The third-order valence-corrected chi connectivity index (χ3v) is 7.39. The molecule has 0 heterocycles. The van der Waals surface area contributed by atoms with Crippen LogP contribution in [0.15, 0.2) is 42.5 Å². The fourth-order valence-electron chi connectivity index (χ4n) is 2.55. The second-order valence-electron chi connectivity index (χ2n) is 5.77. The topological polar surface area (TPSA) is 112 Å². The van der Waals surface area contributed by atoms with E-state index in [-0.39, 0.29) is 166 Å². The molecule has 2 rings (SSSR count). The Morgan fingerprint density at radius 2 is 1.52 bits per heavy atom. The number of halogens is 2. The molecular weight excluding hydrogens is 507 g/mol. The van der Waals surface area contributed by atoms with Gasteiger partial charge in [0.05, 0.1) is 0 Å². The van der Waals surface area contributed by atoms with E-state index in [9.17, 15) is 21.8 Å². The molecule has 6 nitrogen and oxygen atoms in total. The molecule has 148 valence electrons. The van der Waals surface area contributed by atoms with E-state index in [1.807, 2.05) is 0 Å². The summed E-state index contributed by atoms with van der Waals surface area (Å²) in [6.07, 6.45) is 0.00940. The molecule has 0 aliphatic heterocycles. The molecule has 0 aliphatic carbocycles. The minimum atomic E-state index is -4.99. The van der Waals surface area contributed by atoms with Crippen LogP contribution in [0.25, 0.3) is 11.1 Å². The Bertz CT molecular complexity index is 938. The molecule has 0 saturated heterocycles. The maximum absolute atomic E-state index is 13.8. The van der Waals surface area contributed by atoms with Gasteiger partial charge in [0.25, 0.3) is 10.1 Å². The number of hydrogen-bond acceptors (Lipinski definition) is 3. The Labute approximate surface area is 296 Å². The Morgan fingerprint density at radius 1 is 0.966 bits per heavy atom. The molecule has 1 unspecified atom stereocenters. The van der Waals surface area contributed by atoms with E-state index >= 15 is 0 Å². The Hall–Kier alpha value is 3.27. The number of rotatable bonds is 7. The summed E-state index contributed by atoms with van der Waals surface area (Å²) in [7, 11) is -9.85. The van der Waals surface area contributed by atoms with Gasteiger partial charge < -0.3 is 9.79 Å². The molecule has 2 aromatic rings. The zero-order valence-corrected chi connectivity index (χ0v) is 15.1. The molecule has 0 saturated carbocycles. The van der Waals surface area contributed by atoms with Crippen molar-refractivity contribution in [3.8, 4) is 11.1 Å². The third-order valence-electron chi connectivity index (χ3n) is 3.83. The van der Waals surface area contributed by atoms with Gasteiger partial charge in [0, 0.05) is 11.6 Å². The fourth-order valence-corrected chi connectivity index (χ4v) is 4.92. The first-order valence-electron chi connectivity index (χ1n) is 7.54. The molecule has 1 atom stereocenters. The summed E-state index contributed by atoms with van der Waals surface area (Å²) in [5, 5.41) is 0. The van der Waals surface area contributed by atoms with Gasteiger partial charge in [0.1, 0.15) is 11.6 Å². The Kier molecular flexibility index (Phi) is 18.2. The SMILES string of the molecule is O=P(O)(O)C(CCCc1ccc(-c2ccc(F)cc2F)cc1)S(=O)(=O)O.[KH].[KH].[KH]. The minimum absolute atomic E-state index is 0. The quantitative estimate of drug-likeness (QED) is 0.286. The van der Waals surface area contributed by atoms with Crippen LogP contribution in [0.3, 0.4) is 0 Å². The predicted octanol–water partition coefficient (Wildman–Crippen LogP) is 1.40. The van der Waals surface area contributed by atoms with E-state index in [4.69, 9.17) is 14.3 Å². The van der Waals surface area contributed by atoms with E-state index in [0.29, 0.717) is 12.0 Å². The van der Waals surface area contributed by atoms with Crippen LogP contribution in [0, 0.1) is 11.6 Å². The van der Waals surface area contributed by atoms with E-state index in [0.717, 1.165) is 17.7 Å². The summed E-state index contributed by atoms with van der Waals surface area (Å²) in [6.45, 7) is 0. The van der Waals surface area contributed by atoms with E-state index in [1.165, 1.54) is 6.07 Å². The van der Waals surface area contributed by atoms with Crippen molar-refractivity contribution < 1.29 is 36.1 Å². The fraction of sp³-hybridized carbons (Fsp3) is 0.250. The molecule has 29 heavy (non-hydrogen) atoms. The molecule has 0 amide bonds. The zero-order chi connectivity index (χ0) is 19.5. The van der Waals surface area contributed by atoms with Crippen LogP contribution < -0.4 is 0 Å². The van der Waals surface area contributed by atoms with E-state index in [2.05, 4.69) is 0 Å². The van der Waals surface area contributed by atoms with Gasteiger partial charge in [0.2, 0.25) is 0 Å². The summed E-state index contributed by atoms with van der Waals surface area (Å²) < 4.78 is 69.0. The zero-order valence-electron chi connectivity index (χ0n) is 13.4. The van der Waals surface area contributed by atoms with Gasteiger partial charge >= 0.3 is 162 Å². The first-order chi connectivity index (χ1) is 12.0. The van der Waals surface area contributed by atoms with E-state index in [1.54, 1.807) is 24.3 Å². The molecule has 0 fully saturated rings. The number of aryl methyl sites for hydroxylation is 1. The van der Waals surface area contributed by atoms with Crippen molar-refractivity contribution in [2.75, 3.05) is 0 Å². The molecule has 0 spiro atoms. The van der Waals surface area contributed by atoms with E-state index < -0.39 is 40.8 Å². The summed E-state index contributed by atoms with van der Waals surface area (Å²) in [5.41, 5.74) is 1.49. The van der Waals surface area contributed by atoms with Crippen molar-refractivity contribution >= 4 is 172 Å². The molecule has 0 aromatic heterocycles. The summed E-state index contributed by atoms with van der Waals surface area (Å²) in [6, 6.07) is 9.75. The van der Waals surface area contributed by atoms with Crippen LogP contribution in [0.2, 0.25) is 0 Å². The van der Waals surface area contributed by atoms with Crippen molar-refractivity contribution in [2.24, 2.45) is 0 Å². The van der Waals surface area contributed by atoms with Gasteiger partial charge in [-0.2, -0.15) is 8.42 Å². The molecular formula is C16H20F2K3O6PS. The third kappa shape index (κ3) is 11.5. The van der Waals surface area contributed by atoms with Crippen molar-refractivity contribution in [2.45, 2.75) is 24.3 Å². The van der Waals surface area contributed by atoms with Crippen molar-refractivity contribution in [1.29, 1.82) is 0 Å². The van der Waals surface area contributed by atoms with Crippen LogP contribution in [0.1, 0.15) is 18.4 Å². The van der Waals surface area contributed by atoms with Crippen molar-refractivity contribution in [3.63, 3.8) is 0 Å². The first kappa shape index (κ1) is 34.4. The normalized spacial score (nSPS) is 12.2. The molecule has 0 bridgehead atoms. The molecule has 3 N–H and O–H groups in total. The summed E-state index contributed by atoms with van der Waals surface area (Å²) >= 11 is 0. The van der Waals surface area contributed by atoms with Gasteiger partial charge in [-0.05, 0) is 42.5 Å². The molecule has 0 radical (unpaired) electrons. The summed E-state index contributed by atoms with van der Waals surface area (Å²) in [5.74, 6) is -1.38. The van der Waals surface area contributed by atoms with Crippen LogP contribution in [0.5, 0.6) is 0 Å². The Morgan fingerprint density at radius 3 is 1.97 bits per heavy atom. The number of hydrogen-bond donors (Lipinski definition) is 3. The van der Waals surface area contributed by atoms with Gasteiger partial charge in [-0.25, -0.2) is 8.78 Å². The average Bonchev–Trinajstić information content (AvgIpc) is 2.50. The molecule has 0 aliphatic rings. The standard InChI is InChI=1S/C16H17F2O6PS.3K.3H/c17-13-8-9-14(15(18)10-13)12-6-4-11(5-7-12)2-1-3-16(25(19,20)21)26(22,23)24;;;;;;/h4-10,16H,1-3H2,(H2,19,20,21)(H,22,23,24);;;;;;. The van der Waals surface area contributed by atoms with Crippen LogP contribution in [0.4, 0.5) is 8.78 Å². The van der Waals surface area contributed by atoms with Crippen LogP contribution >= 0.6 is 7.60 Å². The second-order valence-corrected chi connectivity index (χ2v) is 9.52. The van der Waals surface area contributed by atoms with Gasteiger partial charge in [0.15, 0.2) is 4.99 Å². The van der Waals surface area contributed by atoms with Gasteiger partial charge in [-0.3, -0.25) is 9.12 Å². The Balaban J connectivity index is 0. The second kappa shape index (κ2) is 15.3. The first-order valence-corrected chi connectivity index (χ1v) is 10.7. The van der Waals surface area contributed by atoms with Crippen LogP contribution in [-0.4, -0.2) is 182 Å². The van der Waals surface area contributed by atoms with Crippen molar-refractivity contribution in [3.05, 3.63) is 59.7 Å². The average molecular weight is 527 g/mol. The van der Waals surface area contributed by atoms with Crippen LogP contribution in [-0.2, 0) is 21.1 Å². The molecule has 13 heteroatoms. The van der Waals surface area contributed by atoms with Gasteiger partial charge in [-0.15, -0.1) is 0 Å². The van der Waals surface area contributed by atoms with Gasteiger partial charge in [-0.1, -0.05) is 24.3 Å². The predicted molar refractivity (Wildman–Crippen MR) is 114 cm³/mol. The molecule has 2 aromatic carbocycles. The number of benzene rings is 2. The monoisotopic (exact) mass is 526 g/mol. The maximum atomic E-state index is 13.8.